The summed E-state index contributed by atoms with van der Waals surface area (Å²) in [6.45, 7) is 7.19. The minimum Gasteiger partial charge on any atom is -0.488 e. The maximum atomic E-state index is 15.4. The Kier molecular flexibility index (Phi) is 18.9. The Hall–Kier alpha value is -7.33. The molecule has 15 nitrogen and oxygen atoms in total. The molecule has 1 aliphatic rings. The first-order valence-electron chi connectivity index (χ1n) is 23.3. The Labute approximate surface area is 436 Å². The number of unbranched alkanes of at least 4 members (excludes halogenated alkanes) is 1. The van der Waals surface area contributed by atoms with E-state index < -0.39 is 127 Å². The predicted molar refractivity (Wildman–Crippen MR) is 263 cm³/mol. The molecule has 4 N–H and O–H groups in total. The monoisotopic (exact) mass is 1090 g/mol. The van der Waals surface area contributed by atoms with Crippen molar-refractivity contribution in [3.63, 3.8) is 0 Å². The highest BCUT2D eigenvalue weighted by Crippen LogP contribution is 2.42. The third-order valence-electron chi connectivity index (χ3n) is 12.1. The van der Waals surface area contributed by atoms with Gasteiger partial charge in [0, 0.05) is 37.9 Å². The van der Waals surface area contributed by atoms with E-state index in [1.54, 1.807) is 32.9 Å². The predicted octanol–water partition coefficient (Wildman–Crippen LogP) is 8.39. The topological polar surface area (TPSA) is 200 Å². The zero-order chi connectivity index (χ0) is 56.7. The number of ether oxygens (including phenoxy) is 2. The number of carbonyl (C=O) groups excluding carboxylic acids is 5. The van der Waals surface area contributed by atoms with E-state index >= 15 is 13.2 Å². The molecule has 0 bridgehead atoms. The van der Waals surface area contributed by atoms with Gasteiger partial charge in [-0.3, -0.25) is 24.2 Å². The number of hydrogen-bond acceptors (Lipinski definition) is 10. The summed E-state index contributed by atoms with van der Waals surface area (Å²) in [5, 5.41) is 14.0. The Morgan fingerprint density at radius 1 is 0.947 bits per heavy atom. The molecule has 4 aromatic rings. The Morgan fingerprint density at radius 3 is 2.14 bits per heavy atom. The van der Waals surface area contributed by atoms with Gasteiger partial charge in [-0.25, -0.2) is 13.2 Å². The number of alkyl halides is 6. The lowest BCUT2D eigenvalue weighted by Crippen LogP contribution is -2.58. The fourth-order valence-electron chi connectivity index (χ4n) is 8.11. The molecular weight excluding hydrogens is 1040 g/mol. The average Bonchev–Trinajstić information content (AvgIpc) is 3.84. The number of anilines is 2. The van der Waals surface area contributed by atoms with E-state index in [-0.39, 0.29) is 51.3 Å². The number of pyridine rings is 1. The second-order valence-corrected chi connectivity index (χ2v) is 19.5. The Bertz CT molecular complexity index is 2870. The molecule has 3 aromatic carbocycles. The number of nitrogens with zero attached hydrogens (tertiary/aromatic N) is 5. The van der Waals surface area contributed by atoms with Gasteiger partial charge in [0.15, 0.2) is 28.3 Å². The van der Waals surface area contributed by atoms with E-state index in [0.717, 1.165) is 24.2 Å². The molecule has 0 aliphatic carbocycles. The van der Waals surface area contributed by atoms with Crippen LogP contribution in [-0.4, -0.2) is 95.9 Å². The van der Waals surface area contributed by atoms with Crippen LogP contribution in [0.2, 0.25) is 0 Å². The third kappa shape index (κ3) is 14.1. The first kappa shape index (κ1) is 59.5. The van der Waals surface area contributed by atoms with E-state index in [4.69, 9.17) is 32.7 Å². The number of aromatic nitrogens is 1. The molecule has 2 atom stereocenters. The SMILES string of the molecule is CN(C(=S)N(c1cnc(-c2cc(F)c(OCCCCOCC(=O)NC(C(=O)N3CCC[C@H]3C(=O)NCc3ccc(C(N)=O)cc3)C(C)(C)C)c(F)c2)c(C(F)(F)F)c1)C(C)(C)C=O)c1ccc(C#N)c(C(F)(F)F)c1F. The lowest BCUT2D eigenvalue weighted by molar-refractivity contribution is -0.144. The second kappa shape index (κ2) is 24.1. The number of nitriles is 1. The lowest BCUT2D eigenvalue weighted by atomic mass is 9.85. The standard InChI is InChI=1S/C51H53F9N8O7S/c1-48(2,3)43(46(73)67-17-9-10-37(67)45(72)64-24-28-11-13-29(14-12-28)44(62)71)65-38(70)26-74-18-7-8-19-75-42-34(52)20-31(21-35(42)53)41-33(50(55,56)57)22-32(25-63-41)68(49(4,5)27-69)47(76)66(6)36-16-15-30(23-61)39(40(36)54)51(58,59)60/h11-16,20-22,25,27,37,43H,7-10,17-19,24,26H2,1-6H3,(H2,62,71)(H,64,72)(H,65,70)/t37-,43?/m0/s1. The summed E-state index contributed by atoms with van der Waals surface area (Å²) in [5.74, 6) is -7.76. The fourth-order valence-corrected chi connectivity index (χ4v) is 8.54. The van der Waals surface area contributed by atoms with Crippen LogP contribution in [0.15, 0.2) is 60.8 Å². The van der Waals surface area contributed by atoms with Gasteiger partial charge in [0.2, 0.25) is 23.6 Å². The molecule has 0 saturated carbocycles. The number of likely N-dealkylation sites (tertiary alicyclic amines) is 1. The van der Waals surface area contributed by atoms with Crippen LogP contribution in [-0.2, 0) is 42.8 Å². The zero-order valence-electron chi connectivity index (χ0n) is 41.9. The molecule has 5 rings (SSSR count). The highest BCUT2D eigenvalue weighted by atomic mass is 32.1. The van der Waals surface area contributed by atoms with Crippen molar-refractivity contribution in [3.8, 4) is 23.1 Å². The minimum atomic E-state index is -5.35. The van der Waals surface area contributed by atoms with Crippen molar-refractivity contribution in [1.82, 2.24) is 20.5 Å². The van der Waals surface area contributed by atoms with E-state index in [9.17, 15) is 50.3 Å². The molecule has 25 heteroatoms. The van der Waals surface area contributed by atoms with Gasteiger partial charge in [-0.1, -0.05) is 32.9 Å². The number of halogens is 9. The molecule has 1 saturated heterocycles. The number of hydrogen-bond donors (Lipinski definition) is 3. The van der Waals surface area contributed by atoms with Crippen LogP contribution in [0.5, 0.6) is 5.75 Å². The van der Waals surface area contributed by atoms with Gasteiger partial charge < -0.3 is 45.3 Å². The summed E-state index contributed by atoms with van der Waals surface area (Å²) in [5.41, 5.74) is -4.05. The molecule has 4 amide bonds. The summed E-state index contributed by atoms with van der Waals surface area (Å²) in [6.07, 6.45) is -8.36. The largest absolute Gasteiger partial charge is 0.488 e. The van der Waals surface area contributed by atoms with Crippen LogP contribution >= 0.6 is 12.2 Å². The molecular formula is C51H53F9N8O7S. The van der Waals surface area contributed by atoms with E-state index in [0.29, 0.717) is 53.1 Å². The van der Waals surface area contributed by atoms with Crippen LogP contribution in [0.3, 0.4) is 0 Å². The quantitative estimate of drug-likeness (QED) is 0.0351. The van der Waals surface area contributed by atoms with Gasteiger partial charge in [-0.05, 0) is 105 Å². The normalized spacial score (nSPS) is 14.3. The molecule has 2 heterocycles. The summed E-state index contributed by atoms with van der Waals surface area (Å²) in [6, 6.07) is 8.73. The lowest BCUT2D eigenvalue weighted by Gasteiger charge is -2.40. The summed E-state index contributed by atoms with van der Waals surface area (Å²) < 4.78 is 143. The van der Waals surface area contributed by atoms with Gasteiger partial charge in [0.25, 0.3) is 0 Å². The van der Waals surface area contributed by atoms with Crippen molar-refractivity contribution in [3.05, 3.63) is 106 Å². The van der Waals surface area contributed by atoms with E-state index in [1.165, 1.54) is 36.9 Å². The first-order valence-corrected chi connectivity index (χ1v) is 23.7. The number of aldehydes is 1. The maximum Gasteiger partial charge on any atom is 0.420 e. The van der Waals surface area contributed by atoms with Crippen molar-refractivity contribution in [2.75, 3.05) is 43.2 Å². The van der Waals surface area contributed by atoms with Crippen LogP contribution in [0.1, 0.15) is 92.9 Å². The molecule has 1 aliphatic heterocycles. The van der Waals surface area contributed by atoms with Crippen molar-refractivity contribution in [2.24, 2.45) is 11.1 Å². The van der Waals surface area contributed by atoms with Crippen LogP contribution in [0.4, 0.5) is 50.9 Å². The number of rotatable bonds is 19. The van der Waals surface area contributed by atoms with Crippen LogP contribution in [0.25, 0.3) is 11.3 Å². The number of primary amides is 1. The summed E-state index contributed by atoms with van der Waals surface area (Å²) >= 11 is 5.41. The maximum absolute atomic E-state index is 15.4. The van der Waals surface area contributed by atoms with Crippen LogP contribution in [0, 0.1) is 34.2 Å². The Balaban J connectivity index is 1.19. The fraction of sp³-hybridized carbons (Fsp3) is 0.412. The Morgan fingerprint density at radius 2 is 1.58 bits per heavy atom. The highest BCUT2D eigenvalue weighted by Gasteiger charge is 2.44. The number of nitrogens with one attached hydrogen (secondary N) is 2. The number of carbonyl (C=O) groups is 5. The van der Waals surface area contributed by atoms with Crippen LogP contribution < -0.4 is 30.9 Å². The number of nitrogens with two attached hydrogens (primary N) is 1. The van der Waals surface area contributed by atoms with Gasteiger partial charge in [-0.2, -0.15) is 31.6 Å². The van der Waals surface area contributed by atoms with Crippen molar-refractivity contribution < 1.29 is 73.0 Å². The van der Waals surface area contributed by atoms with Crippen molar-refractivity contribution in [1.29, 1.82) is 5.26 Å². The summed E-state index contributed by atoms with van der Waals surface area (Å²) in [7, 11) is 0.976. The molecule has 0 spiro atoms. The van der Waals surface area contributed by atoms with Crippen molar-refractivity contribution >= 4 is 58.6 Å². The van der Waals surface area contributed by atoms with Gasteiger partial charge >= 0.3 is 12.4 Å². The van der Waals surface area contributed by atoms with Crippen molar-refractivity contribution in [2.45, 2.75) is 96.8 Å². The van der Waals surface area contributed by atoms with E-state index in [1.807, 2.05) is 0 Å². The zero-order valence-corrected chi connectivity index (χ0v) is 42.7. The van der Waals surface area contributed by atoms with Gasteiger partial charge in [-0.15, -0.1) is 0 Å². The molecule has 0 radical (unpaired) electrons. The van der Waals surface area contributed by atoms with Gasteiger partial charge in [0.1, 0.15) is 30.5 Å². The number of thiocarbonyl (C=S) groups is 1. The second-order valence-electron chi connectivity index (χ2n) is 19.2. The first-order chi connectivity index (χ1) is 35.4. The minimum absolute atomic E-state index is 0.0376. The highest BCUT2D eigenvalue weighted by molar-refractivity contribution is 7.80. The summed E-state index contributed by atoms with van der Waals surface area (Å²) in [4.78, 5) is 70.4. The van der Waals surface area contributed by atoms with E-state index in [2.05, 4.69) is 15.6 Å². The average molecular weight is 1090 g/mol. The molecule has 1 unspecified atom stereocenters. The van der Waals surface area contributed by atoms with Gasteiger partial charge in [0.05, 0.1) is 52.6 Å². The number of benzene rings is 3. The molecule has 408 valence electrons. The number of amides is 4. The smallest absolute Gasteiger partial charge is 0.420 e. The molecule has 76 heavy (non-hydrogen) atoms. The molecule has 1 fully saturated rings. The molecule has 1 aromatic heterocycles. The third-order valence-corrected chi connectivity index (χ3v) is 12.5.